The van der Waals surface area contributed by atoms with Crippen molar-refractivity contribution < 1.29 is 109 Å². The first-order chi connectivity index (χ1) is 15.6. The molecule has 0 aromatic heterocycles. The summed E-state index contributed by atoms with van der Waals surface area (Å²) in [6, 6.07) is 19.6. The number of hydrogen-bond acceptors (Lipinski definition) is 6. The van der Waals surface area contributed by atoms with Crippen molar-refractivity contribution in [1.29, 1.82) is 0 Å². The van der Waals surface area contributed by atoms with Gasteiger partial charge in [-0.3, -0.25) is 12.1 Å². The largest absolute Gasteiger partial charge is 0.478 e. The summed E-state index contributed by atoms with van der Waals surface area (Å²) in [5.74, 6) is 1.28. The van der Waals surface area contributed by atoms with E-state index in [-0.39, 0.29) is 97.9 Å². The van der Waals surface area contributed by atoms with Crippen LogP contribution < -0.4 is 9.05 Å². The van der Waals surface area contributed by atoms with E-state index in [1.165, 1.54) is 0 Å². The molecule has 4 radical (unpaired) electrons. The normalized spacial score (nSPS) is 23.4. The summed E-state index contributed by atoms with van der Waals surface area (Å²) < 4.78 is 35.8. The van der Waals surface area contributed by atoms with E-state index in [9.17, 15) is 0 Å². The number of benzene rings is 2. The maximum atomic E-state index is 6.03. The molecule has 2 aromatic carbocycles. The molecular weight excluding hydrogens is 1200 g/mol. The maximum absolute atomic E-state index is 6.03. The molecule has 208 valence electrons. The summed E-state index contributed by atoms with van der Waals surface area (Å²) in [5, 5.41) is 0. The zero-order valence-electron chi connectivity index (χ0n) is 21.5. The van der Waals surface area contributed by atoms with Crippen molar-refractivity contribution in [3.8, 4) is 11.5 Å². The van der Waals surface area contributed by atoms with E-state index in [1.54, 1.807) is 12.1 Å². The zero-order valence-corrected chi connectivity index (χ0v) is 34.1. The van der Waals surface area contributed by atoms with Crippen molar-refractivity contribution in [1.82, 2.24) is 0 Å². The summed E-state index contributed by atoms with van der Waals surface area (Å²) >= 11 is 0. The molecule has 1 spiro atoms. The van der Waals surface area contributed by atoms with Gasteiger partial charge in [0.2, 0.25) is 0 Å². The SMILES string of the molecule is CC(C)(C)c1c[c-]c[c-]c1OP1OCC2(CO1)COP(Oc1[c-]c[c-]cc1C(C)(C)C)OC2.[Re].[Re].[Re].[Re]. The molecule has 2 saturated heterocycles. The van der Waals surface area contributed by atoms with E-state index in [0.717, 1.165) is 11.1 Å². The van der Waals surface area contributed by atoms with Gasteiger partial charge in [0.25, 0.3) is 0 Å². The molecule has 2 heterocycles. The standard InChI is InChI=1S/C25H30O6P2.4Re/c1-23(2,3)19-11-7-9-13-21(19)30-32-26-15-25(16-27-32)17-28-33(29-18-25)31-22-14-10-8-12-20(22)24(4,5)6;;;;/h9-12H,15-18H2,1-6H3;;;;/q-4;;;;. The summed E-state index contributed by atoms with van der Waals surface area (Å²) in [7, 11) is -3.04. The zero-order chi connectivity index (χ0) is 23.7. The molecule has 2 aliphatic heterocycles. The fourth-order valence-corrected chi connectivity index (χ4v) is 5.83. The van der Waals surface area contributed by atoms with Crippen molar-refractivity contribution >= 4 is 17.2 Å². The van der Waals surface area contributed by atoms with Crippen LogP contribution in [-0.2, 0) is 111 Å². The molecule has 2 fully saturated rings. The summed E-state index contributed by atoms with van der Waals surface area (Å²) in [4.78, 5) is 0. The second-order valence-electron chi connectivity index (χ2n) is 10.4. The molecule has 37 heavy (non-hydrogen) atoms. The molecule has 0 amide bonds. The molecule has 4 rings (SSSR count). The third-order valence-electron chi connectivity index (χ3n) is 5.37. The second-order valence-corrected chi connectivity index (χ2v) is 12.7. The molecule has 6 nitrogen and oxygen atoms in total. The van der Waals surface area contributed by atoms with Crippen LogP contribution in [0.25, 0.3) is 0 Å². The molecule has 0 atom stereocenters. The van der Waals surface area contributed by atoms with Crippen molar-refractivity contribution in [2.75, 3.05) is 26.4 Å². The summed E-state index contributed by atoms with van der Waals surface area (Å²) in [6.07, 6.45) is 0. The Bertz CT molecular complexity index is 874. The summed E-state index contributed by atoms with van der Waals surface area (Å²) in [5.41, 5.74) is 1.44. The minimum atomic E-state index is -1.52. The van der Waals surface area contributed by atoms with Crippen molar-refractivity contribution in [2.45, 2.75) is 52.4 Å². The van der Waals surface area contributed by atoms with Gasteiger partial charge in [0.05, 0.1) is 31.8 Å². The van der Waals surface area contributed by atoms with Crippen LogP contribution in [0.2, 0.25) is 0 Å². The number of rotatable bonds is 4. The van der Waals surface area contributed by atoms with E-state index >= 15 is 0 Å². The van der Waals surface area contributed by atoms with Crippen LogP contribution in [0, 0.1) is 29.7 Å². The van der Waals surface area contributed by atoms with Gasteiger partial charge in [-0.1, -0.05) is 53.0 Å². The van der Waals surface area contributed by atoms with Crippen molar-refractivity contribution in [3.05, 3.63) is 59.7 Å². The fourth-order valence-electron chi connectivity index (χ4n) is 3.35. The summed E-state index contributed by atoms with van der Waals surface area (Å²) in [6.45, 7) is 14.4. The van der Waals surface area contributed by atoms with Gasteiger partial charge in [0, 0.05) is 81.7 Å². The Morgan fingerprint density at radius 2 is 0.973 bits per heavy atom. The van der Waals surface area contributed by atoms with Gasteiger partial charge in [-0.25, -0.2) is 11.1 Å². The molecule has 2 aliphatic rings. The third-order valence-corrected chi connectivity index (χ3v) is 7.39. The Labute approximate surface area is 279 Å². The smallest absolute Gasteiger partial charge is 0.393 e. The predicted molar refractivity (Wildman–Crippen MR) is 127 cm³/mol. The van der Waals surface area contributed by atoms with E-state index in [2.05, 4.69) is 65.8 Å². The Hall–Kier alpha value is 1.39. The molecule has 0 bridgehead atoms. The molecule has 0 aliphatic carbocycles. The van der Waals surface area contributed by atoms with Crippen molar-refractivity contribution in [2.24, 2.45) is 5.41 Å². The van der Waals surface area contributed by atoms with Crippen LogP contribution >= 0.6 is 17.2 Å². The van der Waals surface area contributed by atoms with Crippen LogP contribution in [0.4, 0.5) is 0 Å². The van der Waals surface area contributed by atoms with Crippen LogP contribution in [0.1, 0.15) is 52.7 Å². The van der Waals surface area contributed by atoms with Gasteiger partial charge in [-0.05, 0) is 0 Å². The van der Waals surface area contributed by atoms with E-state index in [0.29, 0.717) is 37.9 Å². The molecule has 0 saturated carbocycles. The van der Waals surface area contributed by atoms with Crippen LogP contribution in [0.3, 0.4) is 0 Å². The Morgan fingerprint density at radius 3 is 1.27 bits per heavy atom. The van der Waals surface area contributed by atoms with E-state index in [1.807, 2.05) is 12.1 Å². The quantitative estimate of drug-likeness (QED) is 0.259. The first-order valence-corrected chi connectivity index (χ1v) is 13.1. The topological polar surface area (TPSA) is 55.4 Å². The van der Waals surface area contributed by atoms with Gasteiger partial charge in [-0.15, -0.1) is 10.8 Å². The average Bonchev–Trinajstić information content (AvgIpc) is 2.77. The van der Waals surface area contributed by atoms with Gasteiger partial charge < -0.3 is 63.5 Å². The van der Waals surface area contributed by atoms with Gasteiger partial charge in [0.15, 0.2) is 0 Å². The molecule has 0 N–H and O–H groups in total. The minimum absolute atomic E-state index is 0. The first kappa shape index (κ1) is 38.4. The number of hydrogen-bond donors (Lipinski definition) is 0. The monoisotopic (exact) mass is 1240 g/mol. The fraction of sp³-hybridized carbons (Fsp3) is 0.520. The van der Waals surface area contributed by atoms with E-state index in [4.69, 9.17) is 27.1 Å². The van der Waals surface area contributed by atoms with Gasteiger partial charge >= 0.3 is 17.2 Å². The second kappa shape index (κ2) is 16.1. The van der Waals surface area contributed by atoms with Gasteiger partial charge in [0.1, 0.15) is 0 Å². The van der Waals surface area contributed by atoms with Crippen LogP contribution in [0.5, 0.6) is 11.5 Å². The van der Waals surface area contributed by atoms with Crippen molar-refractivity contribution in [3.63, 3.8) is 0 Å². The van der Waals surface area contributed by atoms with E-state index < -0.39 is 17.2 Å². The minimum Gasteiger partial charge on any atom is -0.478 e. The molecular formula is C25H30O6P2Re4-4. The molecule has 0 unspecified atom stereocenters. The Morgan fingerprint density at radius 1 is 0.649 bits per heavy atom. The Balaban J connectivity index is 0.00000324. The predicted octanol–water partition coefficient (Wildman–Crippen LogP) is 6.46. The first-order valence-electron chi connectivity index (χ1n) is 10.9. The van der Waals surface area contributed by atoms with Crippen LogP contribution in [0.15, 0.2) is 24.3 Å². The Kier molecular flexibility index (Phi) is 16.7. The third kappa shape index (κ3) is 10.3. The van der Waals surface area contributed by atoms with Crippen LogP contribution in [-0.4, -0.2) is 26.4 Å². The molecule has 12 heteroatoms. The van der Waals surface area contributed by atoms with Gasteiger partial charge in [-0.2, -0.15) is 0 Å². The average molecular weight is 1230 g/mol. The molecule has 2 aromatic rings. The maximum Gasteiger partial charge on any atom is 0.393 e.